The van der Waals surface area contributed by atoms with E-state index >= 15 is 0 Å². The molecular formula is C25H17BrN4O6. The minimum atomic E-state index is -0.558. The average Bonchev–Trinajstić information content (AvgIpc) is 3.32. The van der Waals surface area contributed by atoms with Crippen LogP contribution >= 0.6 is 15.9 Å². The summed E-state index contributed by atoms with van der Waals surface area (Å²) in [5, 5.41) is 16.9. The lowest BCUT2D eigenvalue weighted by molar-refractivity contribution is -0.385. The predicted molar refractivity (Wildman–Crippen MR) is 138 cm³/mol. The van der Waals surface area contributed by atoms with Crippen molar-refractivity contribution in [3.63, 3.8) is 0 Å². The van der Waals surface area contributed by atoms with Crippen molar-refractivity contribution in [2.45, 2.75) is 0 Å². The van der Waals surface area contributed by atoms with Crippen LogP contribution in [-0.4, -0.2) is 35.0 Å². The van der Waals surface area contributed by atoms with E-state index in [4.69, 9.17) is 13.9 Å². The van der Waals surface area contributed by atoms with Gasteiger partial charge in [-0.25, -0.2) is 4.98 Å². The Balaban J connectivity index is 1.72. The third kappa shape index (κ3) is 3.99. The molecule has 0 aliphatic rings. The first kappa shape index (κ1) is 23.2. The minimum absolute atomic E-state index is 0.0820. The Morgan fingerprint density at radius 1 is 1.08 bits per heavy atom. The van der Waals surface area contributed by atoms with E-state index in [2.05, 4.69) is 26.0 Å². The van der Waals surface area contributed by atoms with E-state index in [1.807, 2.05) is 0 Å². The maximum atomic E-state index is 13.4. The quantitative estimate of drug-likeness (QED) is 0.158. The lowest BCUT2D eigenvalue weighted by Crippen LogP contribution is -2.20. The summed E-state index contributed by atoms with van der Waals surface area (Å²) in [6.45, 7) is 0. The van der Waals surface area contributed by atoms with Gasteiger partial charge in [-0.15, -0.1) is 0 Å². The Hall–Kier alpha value is -4.51. The lowest BCUT2D eigenvalue weighted by Gasteiger charge is -2.08. The van der Waals surface area contributed by atoms with Gasteiger partial charge in [-0.3, -0.25) is 14.9 Å². The normalized spacial score (nSPS) is 11.4. The van der Waals surface area contributed by atoms with Crippen molar-refractivity contribution in [2.75, 3.05) is 14.2 Å². The Kier molecular flexibility index (Phi) is 5.98. The maximum absolute atomic E-state index is 13.4. The molecule has 2 heterocycles. The SMILES string of the molecule is COc1c(Br)cc(C=Nn2c(-c3cc4c(OC)cccc4o3)nc3ccccc3c2=O)cc1[N+](=O)[O-]. The Bertz CT molecular complexity index is 1740. The largest absolute Gasteiger partial charge is 0.496 e. The highest BCUT2D eigenvalue weighted by Gasteiger charge is 2.20. The highest BCUT2D eigenvalue weighted by Crippen LogP contribution is 2.36. The van der Waals surface area contributed by atoms with Gasteiger partial charge in [0.15, 0.2) is 5.76 Å². The van der Waals surface area contributed by atoms with E-state index in [1.165, 1.54) is 19.4 Å². The van der Waals surface area contributed by atoms with E-state index in [0.29, 0.717) is 43.4 Å². The van der Waals surface area contributed by atoms with Gasteiger partial charge in [0.2, 0.25) is 11.6 Å². The van der Waals surface area contributed by atoms with Gasteiger partial charge in [-0.2, -0.15) is 9.78 Å². The molecule has 10 nitrogen and oxygen atoms in total. The van der Waals surface area contributed by atoms with E-state index in [9.17, 15) is 14.9 Å². The molecule has 0 aliphatic heterocycles. The average molecular weight is 549 g/mol. The van der Waals surface area contributed by atoms with Crippen LogP contribution in [0.15, 0.2) is 79.4 Å². The maximum Gasteiger partial charge on any atom is 0.312 e. The van der Waals surface area contributed by atoms with Crippen LogP contribution in [0.25, 0.3) is 33.5 Å². The molecule has 5 aromatic rings. The number of nitro groups is 1. The number of halogens is 1. The van der Waals surface area contributed by atoms with E-state index in [1.54, 1.807) is 61.7 Å². The van der Waals surface area contributed by atoms with Crippen molar-refractivity contribution in [1.29, 1.82) is 0 Å². The van der Waals surface area contributed by atoms with Crippen LogP contribution in [-0.2, 0) is 0 Å². The number of methoxy groups -OCH3 is 2. The molecule has 36 heavy (non-hydrogen) atoms. The topological polar surface area (TPSA) is 122 Å². The fraction of sp³-hybridized carbons (Fsp3) is 0.0800. The number of benzene rings is 3. The third-order valence-electron chi connectivity index (χ3n) is 5.48. The van der Waals surface area contributed by atoms with Gasteiger partial charge in [0.05, 0.1) is 46.1 Å². The lowest BCUT2D eigenvalue weighted by atomic mass is 10.2. The van der Waals surface area contributed by atoms with Gasteiger partial charge in [0.1, 0.15) is 11.3 Å². The summed E-state index contributed by atoms with van der Waals surface area (Å²) < 4.78 is 18.0. The molecule has 0 N–H and O–H groups in total. The van der Waals surface area contributed by atoms with E-state index in [0.717, 1.165) is 4.68 Å². The molecule has 0 radical (unpaired) electrons. The molecule has 0 fully saturated rings. The van der Waals surface area contributed by atoms with Gasteiger partial charge in [-0.1, -0.05) is 18.2 Å². The summed E-state index contributed by atoms with van der Waals surface area (Å²) in [5.74, 6) is 1.15. The first-order valence-corrected chi connectivity index (χ1v) is 11.4. The number of para-hydroxylation sites is 1. The molecule has 0 spiro atoms. The molecule has 0 saturated heterocycles. The molecule has 0 amide bonds. The molecule has 3 aromatic carbocycles. The standard InChI is InChI=1S/C25H17BrN4O6/c1-34-20-8-5-9-21-16(20)12-22(36-21)24-28-18-7-4-3-6-15(18)25(31)29(24)27-13-14-10-17(26)23(35-2)19(11-14)30(32)33/h3-13H,1-2H3. The van der Waals surface area contributed by atoms with Gasteiger partial charge >= 0.3 is 5.69 Å². The first-order chi connectivity index (χ1) is 17.4. The predicted octanol–water partition coefficient (Wildman–Crippen LogP) is 5.38. The van der Waals surface area contributed by atoms with Crippen LogP contribution < -0.4 is 15.0 Å². The molecule has 0 saturated carbocycles. The molecule has 180 valence electrons. The molecule has 0 unspecified atom stereocenters. The number of hydrogen-bond acceptors (Lipinski definition) is 8. The second-order valence-corrected chi connectivity index (χ2v) is 8.46. The molecule has 11 heteroatoms. The number of ether oxygens (including phenoxy) is 2. The number of hydrogen-bond donors (Lipinski definition) is 0. The number of nitrogens with zero attached hydrogens (tertiary/aromatic N) is 4. The van der Waals surface area contributed by atoms with Crippen LogP contribution in [0, 0.1) is 10.1 Å². The van der Waals surface area contributed by atoms with Gasteiger partial charge in [-0.05, 0) is 52.3 Å². The summed E-state index contributed by atoms with van der Waals surface area (Å²) in [6, 6.07) is 16.9. The van der Waals surface area contributed by atoms with Crippen molar-refractivity contribution in [3.05, 3.63) is 91.2 Å². The number of aromatic nitrogens is 2. The summed E-state index contributed by atoms with van der Waals surface area (Å²) in [5.41, 5.74) is 0.714. The first-order valence-electron chi connectivity index (χ1n) is 10.6. The molecule has 0 atom stereocenters. The Morgan fingerprint density at radius 2 is 1.89 bits per heavy atom. The fourth-order valence-corrected chi connectivity index (χ4v) is 4.48. The fourth-order valence-electron chi connectivity index (χ4n) is 3.85. The monoisotopic (exact) mass is 548 g/mol. The van der Waals surface area contributed by atoms with Crippen LogP contribution in [0.1, 0.15) is 5.56 Å². The van der Waals surface area contributed by atoms with Crippen molar-refractivity contribution < 1.29 is 18.8 Å². The van der Waals surface area contributed by atoms with Crippen LogP contribution in [0.2, 0.25) is 0 Å². The second kappa shape index (κ2) is 9.27. The third-order valence-corrected chi connectivity index (χ3v) is 6.07. The smallest absolute Gasteiger partial charge is 0.312 e. The second-order valence-electron chi connectivity index (χ2n) is 7.61. The number of rotatable bonds is 6. The van der Waals surface area contributed by atoms with Crippen molar-refractivity contribution in [1.82, 2.24) is 9.66 Å². The molecule has 0 bridgehead atoms. The summed E-state index contributed by atoms with van der Waals surface area (Å²) >= 11 is 3.29. The van der Waals surface area contributed by atoms with Gasteiger partial charge in [0.25, 0.3) is 5.56 Å². The van der Waals surface area contributed by atoms with Crippen molar-refractivity contribution >= 4 is 49.7 Å². The number of fused-ring (bicyclic) bond motifs is 2. The number of nitro benzene ring substituents is 1. The van der Waals surface area contributed by atoms with Crippen molar-refractivity contribution in [2.24, 2.45) is 5.10 Å². The highest BCUT2D eigenvalue weighted by atomic mass is 79.9. The van der Waals surface area contributed by atoms with E-state index in [-0.39, 0.29) is 17.3 Å². The highest BCUT2D eigenvalue weighted by molar-refractivity contribution is 9.10. The summed E-state index contributed by atoms with van der Waals surface area (Å²) in [4.78, 5) is 29.0. The van der Waals surface area contributed by atoms with Crippen molar-refractivity contribution in [3.8, 4) is 23.1 Å². The molecule has 5 rings (SSSR count). The van der Waals surface area contributed by atoms with Crippen LogP contribution in [0.5, 0.6) is 11.5 Å². The van der Waals surface area contributed by atoms with Crippen LogP contribution in [0.3, 0.4) is 0 Å². The zero-order valence-electron chi connectivity index (χ0n) is 19.0. The number of furan rings is 1. The molecule has 2 aromatic heterocycles. The summed E-state index contributed by atoms with van der Waals surface area (Å²) in [6.07, 6.45) is 1.34. The molecule has 0 aliphatic carbocycles. The zero-order chi connectivity index (χ0) is 25.4. The van der Waals surface area contributed by atoms with Gasteiger partial charge in [0, 0.05) is 11.6 Å². The zero-order valence-corrected chi connectivity index (χ0v) is 20.6. The molecular weight excluding hydrogens is 532 g/mol. The summed E-state index contributed by atoms with van der Waals surface area (Å²) in [7, 11) is 2.90. The van der Waals surface area contributed by atoms with Crippen LogP contribution in [0.4, 0.5) is 5.69 Å². The van der Waals surface area contributed by atoms with Gasteiger partial charge < -0.3 is 13.9 Å². The minimum Gasteiger partial charge on any atom is -0.496 e. The van der Waals surface area contributed by atoms with E-state index < -0.39 is 10.5 Å². The Morgan fingerprint density at radius 3 is 2.64 bits per heavy atom. The Labute approximate surface area is 211 Å².